The highest BCUT2D eigenvalue weighted by molar-refractivity contribution is 9.10. The van der Waals surface area contributed by atoms with Crippen LogP contribution in [0, 0.1) is 11.3 Å². The van der Waals surface area contributed by atoms with E-state index in [-0.39, 0.29) is 0 Å². The maximum atomic E-state index is 4.55. The summed E-state index contributed by atoms with van der Waals surface area (Å²) in [6.45, 7) is 9.82. The second-order valence-corrected chi connectivity index (χ2v) is 7.59. The molecule has 1 heterocycles. The molecule has 0 amide bonds. The third kappa shape index (κ3) is 3.43. The van der Waals surface area contributed by atoms with Crippen LogP contribution in [0.25, 0.3) is 0 Å². The van der Waals surface area contributed by atoms with E-state index in [1.54, 1.807) is 0 Å². The summed E-state index contributed by atoms with van der Waals surface area (Å²) in [5.41, 5.74) is 1.76. The Kier molecular flexibility index (Phi) is 4.92. The van der Waals surface area contributed by atoms with E-state index in [9.17, 15) is 0 Å². The summed E-state index contributed by atoms with van der Waals surface area (Å²) in [5, 5.41) is 8.22. The fraction of sp³-hybridized carbons (Fsp3) is 0.800. The van der Waals surface area contributed by atoms with Gasteiger partial charge in [-0.15, -0.1) is 0 Å². The molecule has 1 saturated carbocycles. The number of rotatable bonds is 7. The Morgan fingerprint density at radius 2 is 2.20 bits per heavy atom. The van der Waals surface area contributed by atoms with Crippen molar-refractivity contribution in [1.82, 2.24) is 20.0 Å². The Hall–Kier alpha value is -0.390. The summed E-state index contributed by atoms with van der Waals surface area (Å²) in [7, 11) is 4.20. The van der Waals surface area contributed by atoms with Crippen molar-refractivity contribution in [2.45, 2.75) is 39.8 Å². The molecule has 0 aromatic carbocycles. The first kappa shape index (κ1) is 16.0. The van der Waals surface area contributed by atoms with E-state index in [1.165, 1.54) is 12.1 Å². The lowest BCUT2D eigenvalue weighted by molar-refractivity contribution is 0.349. The Labute approximate surface area is 131 Å². The number of halogens is 1. The van der Waals surface area contributed by atoms with Gasteiger partial charge < -0.3 is 10.2 Å². The predicted molar refractivity (Wildman–Crippen MR) is 86.8 cm³/mol. The van der Waals surface area contributed by atoms with Crippen molar-refractivity contribution in [2.24, 2.45) is 11.3 Å². The molecule has 20 heavy (non-hydrogen) atoms. The van der Waals surface area contributed by atoms with Crippen molar-refractivity contribution in [3.63, 3.8) is 0 Å². The van der Waals surface area contributed by atoms with Crippen LogP contribution in [0.5, 0.6) is 0 Å². The maximum absolute atomic E-state index is 4.55. The van der Waals surface area contributed by atoms with Crippen molar-refractivity contribution in [3.8, 4) is 0 Å². The first-order chi connectivity index (χ1) is 9.36. The molecule has 0 spiro atoms. The highest BCUT2D eigenvalue weighted by Gasteiger charge is 2.51. The van der Waals surface area contributed by atoms with Crippen LogP contribution in [-0.4, -0.2) is 41.9 Å². The molecule has 0 aliphatic heterocycles. The SMILES string of the molecule is CCNC(c1c(Br)cnn1CCN(C)C)C1CC1(C)C. The average molecular weight is 343 g/mol. The molecule has 0 radical (unpaired) electrons. The van der Waals surface area contributed by atoms with E-state index in [0.717, 1.165) is 24.1 Å². The maximum Gasteiger partial charge on any atom is 0.0699 e. The normalized spacial score (nSPS) is 22.2. The van der Waals surface area contributed by atoms with Gasteiger partial charge in [-0.1, -0.05) is 20.8 Å². The smallest absolute Gasteiger partial charge is 0.0699 e. The molecule has 2 unspecified atom stereocenters. The minimum atomic E-state index is 0.397. The molecule has 1 aromatic rings. The van der Waals surface area contributed by atoms with Crippen LogP contribution in [-0.2, 0) is 6.54 Å². The van der Waals surface area contributed by atoms with Gasteiger partial charge in [0, 0.05) is 6.54 Å². The lowest BCUT2D eigenvalue weighted by Crippen LogP contribution is -2.29. The number of nitrogens with one attached hydrogen (secondary N) is 1. The second kappa shape index (κ2) is 6.16. The summed E-state index contributed by atoms with van der Waals surface area (Å²) in [4.78, 5) is 2.20. The van der Waals surface area contributed by atoms with Crippen LogP contribution in [0.15, 0.2) is 10.7 Å². The van der Waals surface area contributed by atoms with E-state index in [1.807, 2.05) is 6.20 Å². The lowest BCUT2D eigenvalue weighted by atomic mass is 10.0. The Morgan fingerprint density at radius 3 is 2.70 bits per heavy atom. The topological polar surface area (TPSA) is 33.1 Å². The summed E-state index contributed by atoms with van der Waals surface area (Å²) >= 11 is 3.69. The standard InChI is InChI=1S/C15H27BrN4/c1-6-17-13(11-9-15(11,2)3)14-12(16)10-18-20(14)8-7-19(4)5/h10-11,13,17H,6-9H2,1-5H3. The van der Waals surface area contributed by atoms with Crippen LogP contribution in [0.4, 0.5) is 0 Å². The molecular formula is C15H27BrN4. The molecule has 1 aliphatic rings. The molecule has 1 aliphatic carbocycles. The van der Waals surface area contributed by atoms with Crippen LogP contribution >= 0.6 is 15.9 Å². The van der Waals surface area contributed by atoms with E-state index >= 15 is 0 Å². The van der Waals surface area contributed by atoms with Gasteiger partial charge in [0.15, 0.2) is 0 Å². The molecular weight excluding hydrogens is 316 g/mol. The Morgan fingerprint density at radius 1 is 1.55 bits per heavy atom. The van der Waals surface area contributed by atoms with E-state index < -0.39 is 0 Å². The van der Waals surface area contributed by atoms with Crippen molar-refractivity contribution in [2.75, 3.05) is 27.2 Å². The minimum Gasteiger partial charge on any atom is -0.309 e. The highest BCUT2D eigenvalue weighted by atomic mass is 79.9. The third-order valence-corrected chi connectivity index (χ3v) is 4.91. The van der Waals surface area contributed by atoms with Crippen molar-refractivity contribution >= 4 is 15.9 Å². The zero-order valence-corrected chi connectivity index (χ0v) is 14.9. The quantitative estimate of drug-likeness (QED) is 0.826. The number of nitrogens with zero attached hydrogens (tertiary/aromatic N) is 3. The molecule has 1 aromatic heterocycles. The largest absolute Gasteiger partial charge is 0.309 e. The summed E-state index contributed by atoms with van der Waals surface area (Å²) in [6, 6.07) is 0.397. The van der Waals surface area contributed by atoms with Gasteiger partial charge in [-0.05, 0) is 54.3 Å². The van der Waals surface area contributed by atoms with Gasteiger partial charge in [0.05, 0.1) is 29.0 Å². The van der Waals surface area contributed by atoms with Crippen molar-refractivity contribution < 1.29 is 0 Å². The Bertz CT molecular complexity index is 453. The van der Waals surface area contributed by atoms with Gasteiger partial charge in [0.25, 0.3) is 0 Å². The molecule has 1 N–H and O–H groups in total. The van der Waals surface area contributed by atoms with Gasteiger partial charge in [-0.2, -0.15) is 5.10 Å². The van der Waals surface area contributed by atoms with Crippen LogP contribution in [0.2, 0.25) is 0 Å². The molecule has 0 saturated heterocycles. The first-order valence-electron chi connectivity index (χ1n) is 7.46. The van der Waals surface area contributed by atoms with Gasteiger partial charge in [0.1, 0.15) is 0 Å². The first-order valence-corrected chi connectivity index (χ1v) is 8.25. The zero-order chi connectivity index (χ0) is 14.9. The van der Waals surface area contributed by atoms with Gasteiger partial charge in [-0.3, -0.25) is 4.68 Å². The fourth-order valence-corrected chi connectivity index (χ4v) is 3.42. The number of hydrogen-bond acceptors (Lipinski definition) is 3. The predicted octanol–water partition coefficient (Wildman–Crippen LogP) is 2.90. The van der Waals surface area contributed by atoms with Gasteiger partial charge in [0.2, 0.25) is 0 Å². The lowest BCUT2D eigenvalue weighted by Gasteiger charge is -2.22. The molecule has 1 fully saturated rings. The van der Waals surface area contributed by atoms with Crippen LogP contribution in [0.1, 0.15) is 38.9 Å². The highest BCUT2D eigenvalue weighted by Crippen LogP contribution is 2.58. The molecule has 2 rings (SSSR count). The molecule has 114 valence electrons. The molecule has 0 bridgehead atoms. The fourth-order valence-electron chi connectivity index (χ4n) is 2.88. The summed E-state index contributed by atoms with van der Waals surface area (Å²) in [5.74, 6) is 0.702. The third-order valence-electron chi connectivity index (χ3n) is 4.30. The second-order valence-electron chi connectivity index (χ2n) is 6.74. The molecule has 4 nitrogen and oxygen atoms in total. The zero-order valence-electron chi connectivity index (χ0n) is 13.3. The minimum absolute atomic E-state index is 0.397. The van der Waals surface area contributed by atoms with E-state index in [2.05, 4.69) is 70.8 Å². The van der Waals surface area contributed by atoms with Gasteiger partial charge in [-0.25, -0.2) is 0 Å². The van der Waals surface area contributed by atoms with Crippen LogP contribution in [0.3, 0.4) is 0 Å². The average Bonchev–Trinajstić information content (AvgIpc) is 2.83. The van der Waals surface area contributed by atoms with Crippen molar-refractivity contribution in [1.29, 1.82) is 0 Å². The van der Waals surface area contributed by atoms with Crippen molar-refractivity contribution in [3.05, 3.63) is 16.4 Å². The number of hydrogen-bond donors (Lipinski definition) is 1. The van der Waals surface area contributed by atoms with Crippen LogP contribution < -0.4 is 5.32 Å². The van der Waals surface area contributed by atoms with Gasteiger partial charge >= 0.3 is 0 Å². The van der Waals surface area contributed by atoms with E-state index in [0.29, 0.717) is 17.4 Å². The number of aromatic nitrogens is 2. The Balaban J connectivity index is 2.21. The van der Waals surface area contributed by atoms with E-state index in [4.69, 9.17) is 0 Å². The summed E-state index contributed by atoms with van der Waals surface area (Å²) < 4.78 is 3.29. The molecule has 5 heteroatoms. The summed E-state index contributed by atoms with van der Waals surface area (Å²) in [6.07, 6.45) is 3.22. The molecule has 2 atom stereocenters. The monoisotopic (exact) mass is 342 g/mol. The number of likely N-dealkylation sites (N-methyl/N-ethyl adjacent to an activating group) is 1.